The van der Waals surface area contributed by atoms with E-state index >= 15 is 0 Å². The highest BCUT2D eigenvalue weighted by Gasteiger charge is 2.27. The Morgan fingerprint density at radius 3 is 2.61 bits per heavy atom. The first-order valence-corrected chi connectivity index (χ1v) is 8.06. The minimum Gasteiger partial charge on any atom is -0.207 e. The van der Waals surface area contributed by atoms with Crippen LogP contribution in [0, 0.1) is 6.92 Å². The summed E-state index contributed by atoms with van der Waals surface area (Å²) in [5, 5.41) is 0. The summed E-state index contributed by atoms with van der Waals surface area (Å²) in [4.78, 5) is 0.350. The van der Waals surface area contributed by atoms with Gasteiger partial charge in [0.25, 0.3) is 0 Å². The molecule has 0 atom stereocenters. The van der Waals surface area contributed by atoms with Crippen molar-refractivity contribution >= 4 is 26.0 Å². The van der Waals surface area contributed by atoms with Gasteiger partial charge in [0.05, 0.1) is 4.90 Å². The molecule has 0 saturated heterocycles. The van der Waals surface area contributed by atoms with Gasteiger partial charge >= 0.3 is 0 Å². The molecule has 0 aliphatic carbocycles. The van der Waals surface area contributed by atoms with Crippen LogP contribution >= 0.6 is 15.9 Å². The molecule has 0 saturated carbocycles. The van der Waals surface area contributed by atoms with E-state index in [1.807, 2.05) is 26.0 Å². The maximum atomic E-state index is 12.5. The minimum absolute atomic E-state index is 0.350. The number of halogens is 1. The molecule has 0 spiro atoms. The maximum Gasteiger partial charge on any atom is 0.244 e. The summed E-state index contributed by atoms with van der Waals surface area (Å²) in [6.45, 7) is 4.95. The molecule has 98 valence electrons. The van der Waals surface area contributed by atoms with Crippen LogP contribution in [0.15, 0.2) is 39.2 Å². The second-order valence-electron chi connectivity index (χ2n) is 4.61. The van der Waals surface area contributed by atoms with Crippen molar-refractivity contribution in [3.63, 3.8) is 0 Å². The van der Waals surface area contributed by atoms with Crippen molar-refractivity contribution in [2.24, 2.45) is 0 Å². The Balaban J connectivity index is 2.39. The van der Waals surface area contributed by atoms with Gasteiger partial charge < -0.3 is 0 Å². The van der Waals surface area contributed by atoms with Crippen LogP contribution in [0.4, 0.5) is 0 Å². The molecular weight excluding hydrogens is 314 g/mol. The van der Waals surface area contributed by atoms with Crippen molar-refractivity contribution in [1.82, 2.24) is 4.31 Å². The molecule has 1 aliphatic heterocycles. The summed E-state index contributed by atoms with van der Waals surface area (Å²) in [6.07, 6.45) is 2.88. The monoisotopic (exact) mass is 329 g/mol. The van der Waals surface area contributed by atoms with Crippen LogP contribution in [-0.2, 0) is 10.0 Å². The van der Waals surface area contributed by atoms with Crippen LogP contribution < -0.4 is 0 Å². The lowest BCUT2D eigenvalue weighted by Gasteiger charge is -2.25. The Kier molecular flexibility index (Phi) is 3.94. The lowest BCUT2D eigenvalue weighted by molar-refractivity contribution is 0.427. The first-order chi connectivity index (χ1) is 8.41. The number of hydrogen-bond acceptors (Lipinski definition) is 2. The molecule has 5 heteroatoms. The minimum atomic E-state index is -3.40. The fourth-order valence-electron chi connectivity index (χ4n) is 2.04. The predicted octanol–water partition coefficient (Wildman–Crippen LogP) is 3.10. The van der Waals surface area contributed by atoms with Crippen molar-refractivity contribution in [2.45, 2.75) is 25.2 Å². The van der Waals surface area contributed by atoms with Crippen LogP contribution in [-0.4, -0.2) is 25.8 Å². The molecule has 0 fully saturated rings. The number of hydrogen-bond donors (Lipinski definition) is 0. The number of nitrogens with zero attached hydrogens (tertiary/aromatic N) is 1. The van der Waals surface area contributed by atoms with Crippen LogP contribution in [0.1, 0.15) is 18.9 Å². The fraction of sp³-hybridized carbons (Fsp3) is 0.385. The highest BCUT2D eigenvalue weighted by atomic mass is 79.9. The summed E-state index contributed by atoms with van der Waals surface area (Å²) >= 11 is 3.34. The number of rotatable bonds is 2. The van der Waals surface area contributed by atoms with Crippen LogP contribution in [0.25, 0.3) is 0 Å². The van der Waals surface area contributed by atoms with Gasteiger partial charge in [-0.05, 0) is 53.9 Å². The first-order valence-electron chi connectivity index (χ1n) is 5.83. The summed E-state index contributed by atoms with van der Waals surface area (Å²) < 4.78 is 27.2. The molecule has 0 unspecified atom stereocenters. The Morgan fingerprint density at radius 2 is 2.00 bits per heavy atom. The third-order valence-electron chi connectivity index (χ3n) is 3.00. The number of sulfonamides is 1. The topological polar surface area (TPSA) is 37.4 Å². The molecule has 1 aliphatic rings. The van der Waals surface area contributed by atoms with Crippen molar-refractivity contribution in [2.75, 3.05) is 13.1 Å². The number of aryl methyl sites for hydroxylation is 1. The second-order valence-corrected chi connectivity index (χ2v) is 7.37. The molecule has 18 heavy (non-hydrogen) atoms. The van der Waals surface area contributed by atoms with Gasteiger partial charge in [0.2, 0.25) is 10.0 Å². The van der Waals surface area contributed by atoms with E-state index in [0.29, 0.717) is 22.5 Å². The molecule has 0 aromatic heterocycles. The third kappa shape index (κ3) is 2.68. The molecular formula is C13H16BrNO2S. The average molecular weight is 330 g/mol. The van der Waals surface area contributed by atoms with Crippen molar-refractivity contribution < 1.29 is 8.42 Å². The second kappa shape index (κ2) is 5.15. The van der Waals surface area contributed by atoms with Gasteiger partial charge in [-0.2, -0.15) is 4.31 Å². The van der Waals surface area contributed by atoms with Crippen LogP contribution in [0.3, 0.4) is 0 Å². The Hall–Kier alpha value is -0.650. The van der Waals surface area contributed by atoms with Crippen LogP contribution in [0.5, 0.6) is 0 Å². The highest BCUT2D eigenvalue weighted by Crippen LogP contribution is 2.27. The normalized spacial score (nSPS) is 17.6. The Bertz CT molecular complexity index is 593. The summed E-state index contributed by atoms with van der Waals surface area (Å²) in [6, 6.07) is 5.33. The zero-order valence-corrected chi connectivity index (χ0v) is 12.9. The van der Waals surface area contributed by atoms with Gasteiger partial charge in [-0.15, -0.1) is 0 Å². The average Bonchev–Trinajstić information content (AvgIpc) is 2.28. The van der Waals surface area contributed by atoms with E-state index in [9.17, 15) is 8.42 Å². The molecule has 0 amide bonds. The van der Waals surface area contributed by atoms with E-state index in [2.05, 4.69) is 22.0 Å². The van der Waals surface area contributed by atoms with Gasteiger partial charge in [0, 0.05) is 17.6 Å². The third-order valence-corrected chi connectivity index (χ3v) is 5.82. The SMILES string of the molecule is CC1=CCCN(S(=O)(=O)c2ccc(C)cc2Br)C1. The quantitative estimate of drug-likeness (QED) is 0.782. The van der Waals surface area contributed by atoms with E-state index in [1.165, 1.54) is 4.31 Å². The molecule has 1 aromatic rings. The molecule has 2 rings (SSSR count). The van der Waals surface area contributed by atoms with Crippen molar-refractivity contribution in [3.8, 4) is 0 Å². The number of benzene rings is 1. The van der Waals surface area contributed by atoms with E-state index in [-0.39, 0.29) is 0 Å². The molecule has 0 N–H and O–H groups in total. The zero-order chi connectivity index (χ0) is 13.3. The summed E-state index contributed by atoms with van der Waals surface area (Å²) in [5.74, 6) is 0. The van der Waals surface area contributed by atoms with Crippen LogP contribution in [0.2, 0.25) is 0 Å². The maximum absolute atomic E-state index is 12.5. The van der Waals surface area contributed by atoms with Gasteiger partial charge in [-0.1, -0.05) is 17.7 Å². The lowest BCUT2D eigenvalue weighted by Crippen LogP contribution is -2.35. The highest BCUT2D eigenvalue weighted by molar-refractivity contribution is 9.10. The van der Waals surface area contributed by atoms with E-state index < -0.39 is 10.0 Å². The molecule has 0 radical (unpaired) electrons. The molecule has 3 nitrogen and oxygen atoms in total. The Labute approximate surface area is 117 Å². The lowest BCUT2D eigenvalue weighted by atomic mass is 10.2. The summed E-state index contributed by atoms with van der Waals surface area (Å²) in [5.41, 5.74) is 2.14. The van der Waals surface area contributed by atoms with E-state index in [0.717, 1.165) is 17.6 Å². The van der Waals surface area contributed by atoms with Crippen molar-refractivity contribution in [3.05, 3.63) is 39.9 Å². The van der Waals surface area contributed by atoms with Gasteiger partial charge in [0.15, 0.2) is 0 Å². The standard InChI is InChI=1S/C13H16BrNO2S/c1-10-5-6-13(12(14)8-10)18(16,17)15-7-3-4-11(2)9-15/h4-6,8H,3,7,9H2,1-2H3. The molecule has 0 bridgehead atoms. The van der Waals surface area contributed by atoms with Gasteiger partial charge in [-0.25, -0.2) is 8.42 Å². The molecule has 1 aromatic carbocycles. The molecule has 1 heterocycles. The predicted molar refractivity (Wildman–Crippen MR) is 76.0 cm³/mol. The van der Waals surface area contributed by atoms with E-state index in [4.69, 9.17) is 0 Å². The van der Waals surface area contributed by atoms with Gasteiger partial charge in [0.1, 0.15) is 0 Å². The van der Waals surface area contributed by atoms with Gasteiger partial charge in [-0.3, -0.25) is 0 Å². The first kappa shape index (κ1) is 13.8. The zero-order valence-electron chi connectivity index (χ0n) is 10.5. The summed E-state index contributed by atoms with van der Waals surface area (Å²) in [7, 11) is -3.40. The van der Waals surface area contributed by atoms with Crippen molar-refractivity contribution in [1.29, 1.82) is 0 Å². The fourth-order valence-corrected chi connectivity index (χ4v) is 4.69. The largest absolute Gasteiger partial charge is 0.244 e. The Morgan fingerprint density at radius 1 is 1.28 bits per heavy atom. The van der Waals surface area contributed by atoms with E-state index in [1.54, 1.807) is 6.07 Å². The smallest absolute Gasteiger partial charge is 0.207 e.